The first-order valence-corrected chi connectivity index (χ1v) is 9.62. The molecule has 6 nitrogen and oxygen atoms in total. The smallest absolute Gasteiger partial charge is 0.224 e. The van der Waals surface area contributed by atoms with E-state index in [0.29, 0.717) is 29.2 Å². The highest BCUT2D eigenvalue weighted by molar-refractivity contribution is 7.21. The molecule has 7 heteroatoms. The van der Waals surface area contributed by atoms with Gasteiger partial charge in [-0.05, 0) is 30.9 Å². The zero-order valence-corrected chi connectivity index (χ0v) is 14.9. The minimum absolute atomic E-state index is 0.423. The lowest BCUT2D eigenvalue weighted by molar-refractivity contribution is 0.112. The highest BCUT2D eigenvalue weighted by atomic mass is 32.1. The maximum Gasteiger partial charge on any atom is 0.224 e. The lowest BCUT2D eigenvalue weighted by atomic mass is 9.93. The molecular formula is C19H18N4O2S. The summed E-state index contributed by atoms with van der Waals surface area (Å²) in [5.41, 5.74) is 9.57. The number of nitrogen functional groups attached to an aromatic ring is 1. The van der Waals surface area contributed by atoms with Crippen LogP contribution in [0.3, 0.4) is 0 Å². The van der Waals surface area contributed by atoms with Gasteiger partial charge < -0.3 is 15.8 Å². The lowest BCUT2D eigenvalue weighted by Crippen LogP contribution is -2.28. The third-order valence-corrected chi connectivity index (χ3v) is 6.16. The van der Waals surface area contributed by atoms with E-state index >= 15 is 0 Å². The number of carbonyl (C=O) groups excluding carboxylic acids is 1. The van der Waals surface area contributed by atoms with Gasteiger partial charge in [-0.2, -0.15) is 0 Å². The van der Waals surface area contributed by atoms with Crippen molar-refractivity contribution in [2.75, 3.05) is 17.7 Å². The summed E-state index contributed by atoms with van der Waals surface area (Å²) in [7, 11) is 0. The predicted molar refractivity (Wildman–Crippen MR) is 103 cm³/mol. The van der Waals surface area contributed by atoms with E-state index in [1.165, 1.54) is 23.3 Å². The molecule has 1 saturated carbocycles. The quantitative estimate of drug-likeness (QED) is 0.685. The maximum absolute atomic E-state index is 11.4. The van der Waals surface area contributed by atoms with Crippen LogP contribution in [0.15, 0.2) is 18.2 Å². The number of anilines is 2. The van der Waals surface area contributed by atoms with Crippen LogP contribution < -0.4 is 15.8 Å². The molecule has 2 aromatic heterocycles. The van der Waals surface area contributed by atoms with Gasteiger partial charge in [0.1, 0.15) is 10.6 Å². The molecule has 0 spiro atoms. The van der Waals surface area contributed by atoms with Crippen LogP contribution >= 0.6 is 11.3 Å². The first-order valence-electron chi connectivity index (χ1n) is 8.81. The van der Waals surface area contributed by atoms with Crippen LogP contribution in [-0.2, 0) is 6.42 Å². The van der Waals surface area contributed by atoms with Crippen LogP contribution in [0.2, 0.25) is 0 Å². The number of aldehydes is 1. The molecule has 0 saturated heterocycles. The molecule has 3 aromatic rings. The fourth-order valence-corrected chi connectivity index (χ4v) is 4.36. The molecule has 1 aromatic carbocycles. The summed E-state index contributed by atoms with van der Waals surface area (Å²) in [5.74, 6) is 1.49. The second-order valence-electron chi connectivity index (χ2n) is 6.77. The highest BCUT2D eigenvalue weighted by Gasteiger charge is 2.23. The Balaban J connectivity index is 1.70. The lowest BCUT2D eigenvalue weighted by Gasteiger charge is -2.26. The third kappa shape index (κ3) is 2.42. The summed E-state index contributed by atoms with van der Waals surface area (Å²) < 4.78 is 5.71. The van der Waals surface area contributed by atoms with Gasteiger partial charge >= 0.3 is 0 Å². The van der Waals surface area contributed by atoms with Gasteiger partial charge in [-0.1, -0.05) is 12.1 Å². The highest BCUT2D eigenvalue weighted by Crippen LogP contribution is 2.40. The molecule has 2 aliphatic rings. The molecule has 0 atom stereocenters. The monoisotopic (exact) mass is 366 g/mol. The first-order chi connectivity index (χ1) is 12.7. The molecule has 1 aliphatic heterocycles. The normalized spacial score (nSPS) is 16.2. The zero-order chi connectivity index (χ0) is 17.7. The second kappa shape index (κ2) is 5.95. The van der Waals surface area contributed by atoms with Gasteiger partial charge in [0.15, 0.2) is 6.29 Å². The number of rotatable bonds is 4. The standard InChI is InChI=1S/C19H18N4O2S/c20-16-14(9-24)26-18-15(16)17(22-19(23-18)21-12-2-1-3-12)11-5-4-10-6-7-25-13(10)8-11/h4-5,8-9,12H,1-3,6-7,20H2,(H,21,22,23). The van der Waals surface area contributed by atoms with Crippen molar-refractivity contribution in [3.63, 3.8) is 0 Å². The number of fused-ring (bicyclic) bond motifs is 2. The van der Waals surface area contributed by atoms with Crippen LogP contribution in [0.4, 0.5) is 11.6 Å². The van der Waals surface area contributed by atoms with Crippen LogP contribution in [0.5, 0.6) is 5.75 Å². The zero-order valence-electron chi connectivity index (χ0n) is 14.1. The fraction of sp³-hybridized carbons (Fsp3) is 0.316. The van der Waals surface area contributed by atoms with E-state index < -0.39 is 0 Å². The first kappa shape index (κ1) is 15.6. The Morgan fingerprint density at radius 2 is 2.19 bits per heavy atom. The van der Waals surface area contributed by atoms with Crippen molar-refractivity contribution in [2.45, 2.75) is 31.7 Å². The van der Waals surface area contributed by atoms with E-state index in [4.69, 9.17) is 15.5 Å². The van der Waals surface area contributed by atoms with Gasteiger partial charge in [0.05, 0.1) is 28.3 Å². The third-order valence-electron chi connectivity index (χ3n) is 5.13. The average Bonchev–Trinajstić information content (AvgIpc) is 3.21. The van der Waals surface area contributed by atoms with Gasteiger partial charge in [0, 0.05) is 18.0 Å². The number of thiophene rings is 1. The average molecular weight is 366 g/mol. The topological polar surface area (TPSA) is 90.1 Å². The van der Waals surface area contributed by atoms with Crippen LogP contribution in [0.25, 0.3) is 21.5 Å². The largest absolute Gasteiger partial charge is 0.493 e. The molecule has 0 unspecified atom stereocenters. The maximum atomic E-state index is 11.4. The number of nitrogens with one attached hydrogen (secondary N) is 1. The van der Waals surface area contributed by atoms with Crippen molar-refractivity contribution in [3.8, 4) is 17.0 Å². The Morgan fingerprint density at radius 1 is 1.31 bits per heavy atom. The number of nitrogens with zero attached hydrogens (tertiary/aromatic N) is 2. The summed E-state index contributed by atoms with van der Waals surface area (Å²) in [5, 5.41) is 4.15. The van der Waals surface area contributed by atoms with E-state index in [9.17, 15) is 4.79 Å². The van der Waals surface area contributed by atoms with Gasteiger partial charge in [-0.15, -0.1) is 11.3 Å². The van der Waals surface area contributed by atoms with Gasteiger partial charge in [0.25, 0.3) is 0 Å². The molecular weight excluding hydrogens is 348 g/mol. The predicted octanol–water partition coefficient (Wildman–Crippen LogP) is 3.65. The number of carbonyl (C=O) groups is 1. The van der Waals surface area contributed by atoms with Crippen LogP contribution in [-0.4, -0.2) is 28.9 Å². The Labute approximate surface area is 154 Å². The number of ether oxygens (including phenoxy) is 1. The molecule has 0 bridgehead atoms. The van der Waals surface area contributed by atoms with Gasteiger partial charge in [0.2, 0.25) is 5.95 Å². The number of hydrogen-bond acceptors (Lipinski definition) is 7. The summed E-state index contributed by atoms with van der Waals surface area (Å²) in [6.45, 7) is 0.711. The minimum Gasteiger partial charge on any atom is -0.493 e. The van der Waals surface area contributed by atoms with E-state index in [1.807, 2.05) is 12.1 Å². The Kier molecular flexibility index (Phi) is 3.56. The number of hydrogen-bond donors (Lipinski definition) is 2. The van der Waals surface area contributed by atoms with E-state index in [0.717, 1.165) is 52.8 Å². The summed E-state index contributed by atoms with van der Waals surface area (Å²) >= 11 is 1.31. The minimum atomic E-state index is 0.423. The van der Waals surface area contributed by atoms with Gasteiger partial charge in [-0.3, -0.25) is 4.79 Å². The molecule has 132 valence electrons. The SMILES string of the molecule is Nc1c(C=O)sc2nc(NC3CCC3)nc(-c3ccc4c(c3)OCC4)c12. The van der Waals surface area contributed by atoms with Crippen LogP contribution in [0.1, 0.15) is 34.5 Å². The number of aromatic nitrogens is 2. The van der Waals surface area contributed by atoms with E-state index in [-0.39, 0.29) is 0 Å². The molecule has 0 radical (unpaired) electrons. The number of benzene rings is 1. The molecule has 26 heavy (non-hydrogen) atoms. The van der Waals surface area contributed by atoms with Crippen molar-refractivity contribution < 1.29 is 9.53 Å². The molecule has 1 fully saturated rings. The van der Waals surface area contributed by atoms with Crippen molar-refractivity contribution in [3.05, 3.63) is 28.6 Å². The van der Waals surface area contributed by atoms with Crippen LogP contribution in [0, 0.1) is 0 Å². The summed E-state index contributed by atoms with van der Waals surface area (Å²) in [6.07, 6.45) is 5.22. The van der Waals surface area contributed by atoms with Crippen molar-refractivity contribution in [1.29, 1.82) is 0 Å². The number of nitrogens with two attached hydrogens (primary N) is 1. The van der Waals surface area contributed by atoms with Crippen molar-refractivity contribution in [2.24, 2.45) is 0 Å². The Hall–Kier alpha value is -2.67. The molecule has 1 aliphatic carbocycles. The van der Waals surface area contributed by atoms with Gasteiger partial charge in [-0.25, -0.2) is 9.97 Å². The summed E-state index contributed by atoms with van der Waals surface area (Å²) in [6, 6.07) is 6.55. The Morgan fingerprint density at radius 3 is 2.96 bits per heavy atom. The molecule has 5 rings (SSSR count). The fourth-order valence-electron chi connectivity index (χ4n) is 3.45. The molecule has 3 heterocycles. The second-order valence-corrected chi connectivity index (χ2v) is 7.80. The van der Waals surface area contributed by atoms with Crippen molar-refractivity contribution in [1.82, 2.24) is 9.97 Å². The van der Waals surface area contributed by atoms with E-state index in [2.05, 4.69) is 16.4 Å². The molecule has 0 amide bonds. The van der Waals surface area contributed by atoms with Crippen molar-refractivity contribution >= 4 is 39.5 Å². The Bertz CT molecular complexity index is 1030. The van der Waals surface area contributed by atoms with E-state index in [1.54, 1.807) is 0 Å². The molecule has 3 N–H and O–H groups in total. The summed E-state index contributed by atoms with van der Waals surface area (Å²) in [4.78, 5) is 22.0.